The van der Waals surface area contributed by atoms with Gasteiger partial charge in [0.05, 0.1) is 4.92 Å². The van der Waals surface area contributed by atoms with Gasteiger partial charge in [-0.15, -0.1) is 0 Å². The van der Waals surface area contributed by atoms with E-state index < -0.39 is 4.92 Å². The molecule has 0 aliphatic heterocycles. The standard InChI is InChI=1S/C11H13N3O3/c1-3-7(2)12-11-13-10-8(14(15)16)5-4-6-9(10)17-11/h4-7H,3H2,1-2H3,(H,12,13). The van der Waals surface area contributed by atoms with Gasteiger partial charge >= 0.3 is 0 Å². The highest BCUT2D eigenvalue weighted by Crippen LogP contribution is 2.27. The molecule has 1 aromatic carbocycles. The molecule has 90 valence electrons. The van der Waals surface area contributed by atoms with E-state index in [-0.39, 0.29) is 17.2 Å². The highest BCUT2D eigenvalue weighted by molar-refractivity contribution is 5.83. The van der Waals surface area contributed by atoms with Gasteiger partial charge in [0.25, 0.3) is 11.7 Å². The van der Waals surface area contributed by atoms with Gasteiger partial charge in [-0.1, -0.05) is 13.0 Å². The topological polar surface area (TPSA) is 81.2 Å². The molecule has 1 heterocycles. The summed E-state index contributed by atoms with van der Waals surface area (Å²) in [7, 11) is 0. The number of benzene rings is 1. The maximum Gasteiger partial charge on any atom is 0.298 e. The molecule has 6 heteroatoms. The maximum atomic E-state index is 10.8. The molecule has 1 aromatic heterocycles. The van der Waals surface area contributed by atoms with Crippen LogP contribution in [-0.4, -0.2) is 15.9 Å². The Balaban J connectivity index is 2.43. The molecule has 0 spiro atoms. The van der Waals surface area contributed by atoms with Crippen LogP contribution in [0.15, 0.2) is 22.6 Å². The fourth-order valence-corrected chi connectivity index (χ4v) is 1.46. The van der Waals surface area contributed by atoms with Gasteiger partial charge in [-0.05, 0) is 19.4 Å². The molecule has 0 fully saturated rings. The zero-order valence-corrected chi connectivity index (χ0v) is 9.64. The molecule has 2 aromatic rings. The fourth-order valence-electron chi connectivity index (χ4n) is 1.46. The van der Waals surface area contributed by atoms with Crippen LogP contribution < -0.4 is 5.32 Å². The summed E-state index contributed by atoms with van der Waals surface area (Å²) in [4.78, 5) is 14.4. The second kappa shape index (κ2) is 4.40. The van der Waals surface area contributed by atoms with Gasteiger partial charge in [-0.2, -0.15) is 4.98 Å². The van der Waals surface area contributed by atoms with E-state index >= 15 is 0 Å². The number of oxazole rings is 1. The Hall–Kier alpha value is -2.11. The normalized spacial score (nSPS) is 12.6. The molecule has 0 radical (unpaired) electrons. The summed E-state index contributed by atoms with van der Waals surface area (Å²) in [6, 6.07) is 5.19. The van der Waals surface area contributed by atoms with E-state index in [1.807, 2.05) is 13.8 Å². The lowest BCUT2D eigenvalue weighted by Gasteiger charge is -2.07. The number of aromatic nitrogens is 1. The van der Waals surface area contributed by atoms with Crippen molar-refractivity contribution in [2.75, 3.05) is 5.32 Å². The predicted molar refractivity (Wildman–Crippen MR) is 64.0 cm³/mol. The number of non-ortho nitro benzene ring substituents is 1. The summed E-state index contributed by atoms with van der Waals surface area (Å²) in [6.45, 7) is 4.02. The van der Waals surface area contributed by atoms with Crippen molar-refractivity contribution in [1.29, 1.82) is 0 Å². The second-order valence-corrected chi connectivity index (χ2v) is 3.85. The molecule has 1 unspecified atom stereocenters. The van der Waals surface area contributed by atoms with E-state index in [4.69, 9.17) is 4.42 Å². The smallest absolute Gasteiger partial charge is 0.298 e. The van der Waals surface area contributed by atoms with E-state index in [1.54, 1.807) is 12.1 Å². The van der Waals surface area contributed by atoms with Crippen molar-refractivity contribution in [3.63, 3.8) is 0 Å². The number of nitro groups is 1. The van der Waals surface area contributed by atoms with Crippen LogP contribution in [0.3, 0.4) is 0 Å². The average molecular weight is 235 g/mol. The first kappa shape index (κ1) is 11.4. The van der Waals surface area contributed by atoms with Crippen molar-refractivity contribution >= 4 is 22.8 Å². The molecule has 17 heavy (non-hydrogen) atoms. The minimum Gasteiger partial charge on any atom is -0.423 e. The summed E-state index contributed by atoms with van der Waals surface area (Å²) < 4.78 is 5.40. The van der Waals surface area contributed by atoms with Gasteiger partial charge in [0.2, 0.25) is 0 Å². The predicted octanol–water partition coefficient (Wildman–Crippen LogP) is 2.95. The van der Waals surface area contributed by atoms with E-state index in [2.05, 4.69) is 10.3 Å². The molecule has 6 nitrogen and oxygen atoms in total. The molecular formula is C11H13N3O3. The third-order valence-electron chi connectivity index (χ3n) is 2.58. The number of nitrogens with zero attached hydrogens (tertiary/aromatic N) is 2. The Labute approximate surface area is 97.8 Å². The number of hydrogen-bond donors (Lipinski definition) is 1. The zero-order valence-electron chi connectivity index (χ0n) is 9.64. The minimum atomic E-state index is -0.460. The Morgan fingerprint density at radius 2 is 2.35 bits per heavy atom. The van der Waals surface area contributed by atoms with Crippen molar-refractivity contribution in [2.45, 2.75) is 26.3 Å². The lowest BCUT2D eigenvalue weighted by molar-refractivity contribution is -0.383. The van der Waals surface area contributed by atoms with Crippen LogP contribution in [0.1, 0.15) is 20.3 Å². The maximum absolute atomic E-state index is 10.8. The van der Waals surface area contributed by atoms with Gasteiger partial charge in [-0.3, -0.25) is 10.1 Å². The van der Waals surface area contributed by atoms with Crippen LogP contribution in [-0.2, 0) is 0 Å². The zero-order chi connectivity index (χ0) is 12.4. The minimum absolute atomic E-state index is 0.0385. The number of fused-ring (bicyclic) bond motifs is 1. The monoisotopic (exact) mass is 235 g/mol. The van der Waals surface area contributed by atoms with Crippen molar-refractivity contribution in [1.82, 2.24) is 4.98 Å². The fraction of sp³-hybridized carbons (Fsp3) is 0.364. The average Bonchev–Trinajstić information content (AvgIpc) is 2.70. The number of nitro benzene ring substituents is 1. The van der Waals surface area contributed by atoms with E-state index in [1.165, 1.54) is 6.07 Å². The molecular weight excluding hydrogens is 222 g/mol. The second-order valence-electron chi connectivity index (χ2n) is 3.85. The number of anilines is 1. The van der Waals surface area contributed by atoms with E-state index in [0.29, 0.717) is 11.6 Å². The first-order valence-electron chi connectivity index (χ1n) is 5.42. The van der Waals surface area contributed by atoms with Crippen LogP contribution in [0.5, 0.6) is 0 Å². The van der Waals surface area contributed by atoms with E-state index in [9.17, 15) is 10.1 Å². The van der Waals surface area contributed by atoms with Crippen LogP contribution >= 0.6 is 0 Å². The summed E-state index contributed by atoms with van der Waals surface area (Å²) >= 11 is 0. The summed E-state index contributed by atoms with van der Waals surface area (Å²) in [5, 5.41) is 13.9. The third-order valence-corrected chi connectivity index (χ3v) is 2.58. The van der Waals surface area contributed by atoms with Crippen molar-refractivity contribution in [3.05, 3.63) is 28.3 Å². The highest BCUT2D eigenvalue weighted by atomic mass is 16.6. The molecule has 2 rings (SSSR count). The molecule has 1 N–H and O–H groups in total. The van der Waals surface area contributed by atoms with Crippen LogP contribution in [0.25, 0.3) is 11.1 Å². The Bertz CT molecular complexity index is 550. The molecule has 0 bridgehead atoms. The summed E-state index contributed by atoms with van der Waals surface area (Å²) in [6.07, 6.45) is 0.917. The number of nitrogens with one attached hydrogen (secondary N) is 1. The molecule has 0 aliphatic rings. The summed E-state index contributed by atoms with van der Waals surface area (Å²) in [5.41, 5.74) is 0.664. The largest absolute Gasteiger partial charge is 0.423 e. The molecule has 0 aliphatic carbocycles. The molecule has 0 amide bonds. The van der Waals surface area contributed by atoms with Crippen molar-refractivity contribution < 1.29 is 9.34 Å². The van der Waals surface area contributed by atoms with Gasteiger partial charge in [0.1, 0.15) is 0 Å². The van der Waals surface area contributed by atoms with Gasteiger partial charge < -0.3 is 9.73 Å². The van der Waals surface area contributed by atoms with E-state index in [0.717, 1.165) is 6.42 Å². The highest BCUT2D eigenvalue weighted by Gasteiger charge is 2.17. The Morgan fingerprint density at radius 3 is 3.00 bits per heavy atom. The molecule has 0 saturated carbocycles. The number of rotatable bonds is 4. The Kier molecular flexibility index (Phi) is 2.95. The van der Waals surface area contributed by atoms with Gasteiger partial charge in [0.15, 0.2) is 11.1 Å². The Morgan fingerprint density at radius 1 is 1.59 bits per heavy atom. The van der Waals surface area contributed by atoms with Crippen LogP contribution in [0.4, 0.5) is 11.7 Å². The molecule has 1 atom stereocenters. The van der Waals surface area contributed by atoms with Crippen LogP contribution in [0.2, 0.25) is 0 Å². The van der Waals surface area contributed by atoms with Crippen molar-refractivity contribution in [3.8, 4) is 0 Å². The van der Waals surface area contributed by atoms with Gasteiger partial charge in [-0.25, -0.2) is 0 Å². The number of hydrogen-bond acceptors (Lipinski definition) is 5. The third kappa shape index (κ3) is 2.20. The first-order chi connectivity index (χ1) is 8.11. The number of para-hydroxylation sites is 1. The van der Waals surface area contributed by atoms with Crippen LogP contribution in [0, 0.1) is 10.1 Å². The summed E-state index contributed by atoms with van der Waals surface area (Å²) in [5.74, 6) is 0. The lowest BCUT2D eigenvalue weighted by atomic mass is 10.3. The van der Waals surface area contributed by atoms with Crippen molar-refractivity contribution in [2.24, 2.45) is 0 Å². The lowest BCUT2D eigenvalue weighted by Crippen LogP contribution is -2.13. The first-order valence-corrected chi connectivity index (χ1v) is 5.42. The quantitative estimate of drug-likeness (QED) is 0.650. The van der Waals surface area contributed by atoms with Gasteiger partial charge in [0, 0.05) is 12.1 Å². The molecule has 0 saturated heterocycles. The SMILES string of the molecule is CCC(C)Nc1nc2c([N+](=O)[O-])cccc2o1.